The molecule has 0 atom stereocenters. The van der Waals surface area contributed by atoms with Crippen molar-refractivity contribution >= 4 is 52.1 Å². The van der Waals surface area contributed by atoms with Crippen molar-refractivity contribution in [3.63, 3.8) is 0 Å². The van der Waals surface area contributed by atoms with E-state index >= 15 is 0 Å². The molecule has 0 aliphatic carbocycles. The van der Waals surface area contributed by atoms with Gasteiger partial charge in [-0.15, -0.1) is 0 Å². The van der Waals surface area contributed by atoms with Gasteiger partial charge in [0.25, 0.3) is 5.91 Å². The number of hydrogen-bond acceptors (Lipinski definition) is 3. The quantitative estimate of drug-likeness (QED) is 0.460. The van der Waals surface area contributed by atoms with E-state index in [2.05, 4.69) is 10.2 Å². The van der Waals surface area contributed by atoms with E-state index in [1.165, 1.54) is 6.42 Å². The molecule has 0 saturated carbocycles. The van der Waals surface area contributed by atoms with E-state index in [1.807, 2.05) is 18.2 Å². The number of para-hydroxylation sites is 1. The van der Waals surface area contributed by atoms with Crippen molar-refractivity contribution in [2.45, 2.75) is 19.3 Å². The first-order valence-electron chi connectivity index (χ1n) is 9.43. The number of halogens is 3. The molecule has 2 aromatic carbocycles. The van der Waals surface area contributed by atoms with Gasteiger partial charge in [-0.25, -0.2) is 0 Å². The highest BCUT2D eigenvalue weighted by Crippen LogP contribution is 2.36. The molecule has 2 heterocycles. The first-order chi connectivity index (χ1) is 14.0. The number of nitrogens with one attached hydrogen (secondary N) is 1. The largest absolute Gasteiger partial charge is 0.451 e. The molecule has 1 saturated heterocycles. The van der Waals surface area contributed by atoms with Crippen molar-refractivity contribution in [1.82, 2.24) is 0 Å². The minimum atomic E-state index is -0.336. The second-order valence-corrected chi connectivity index (χ2v) is 8.15. The van der Waals surface area contributed by atoms with Crippen molar-refractivity contribution in [3.8, 4) is 11.3 Å². The van der Waals surface area contributed by atoms with Gasteiger partial charge in [-0.05, 0) is 61.7 Å². The number of benzene rings is 2. The van der Waals surface area contributed by atoms with Crippen LogP contribution in [0.15, 0.2) is 52.9 Å². The van der Waals surface area contributed by atoms with Gasteiger partial charge < -0.3 is 14.6 Å². The lowest BCUT2D eigenvalue weighted by Crippen LogP contribution is -2.30. The molecule has 29 heavy (non-hydrogen) atoms. The lowest BCUT2D eigenvalue weighted by molar-refractivity contribution is 0.0997. The fourth-order valence-electron chi connectivity index (χ4n) is 3.50. The number of piperidine rings is 1. The molecular formula is C22H19Cl3N2O2. The zero-order valence-electron chi connectivity index (χ0n) is 15.6. The third-order valence-corrected chi connectivity index (χ3v) is 5.99. The van der Waals surface area contributed by atoms with Crippen molar-refractivity contribution in [3.05, 3.63) is 69.4 Å². The second-order valence-electron chi connectivity index (χ2n) is 6.93. The highest BCUT2D eigenvalue weighted by atomic mass is 35.5. The molecule has 1 amide bonds. The number of carbonyl (C=O) groups is 1. The minimum Gasteiger partial charge on any atom is -0.451 e. The average molecular weight is 450 g/mol. The third kappa shape index (κ3) is 4.40. The van der Waals surface area contributed by atoms with Crippen molar-refractivity contribution in [2.24, 2.45) is 0 Å². The predicted octanol–water partition coefficient (Wildman–Crippen LogP) is 7.15. The maximum Gasteiger partial charge on any atom is 0.291 e. The van der Waals surface area contributed by atoms with Gasteiger partial charge in [-0.1, -0.05) is 40.9 Å². The highest BCUT2D eigenvalue weighted by molar-refractivity contribution is 6.42. The Labute approximate surface area is 184 Å². The first kappa shape index (κ1) is 20.1. The average Bonchev–Trinajstić information content (AvgIpc) is 3.21. The monoisotopic (exact) mass is 448 g/mol. The SMILES string of the molecule is O=C(Nc1cccc(Cl)c1N1CCCCC1)c1ccc(-c2ccc(Cl)c(Cl)c2)o1. The lowest BCUT2D eigenvalue weighted by Gasteiger charge is -2.31. The van der Waals surface area contributed by atoms with E-state index in [-0.39, 0.29) is 11.7 Å². The van der Waals surface area contributed by atoms with E-state index in [4.69, 9.17) is 39.2 Å². The van der Waals surface area contributed by atoms with Gasteiger partial charge in [0, 0.05) is 18.7 Å². The summed E-state index contributed by atoms with van der Waals surface area (Å²) in [5, 5.41) is 4.46. The number of rotatable bonds is 4. The number of furan rings is 1. The number of anilines is 2. The van der Waals surface area contributed by atoms with Gasteiger partial charge in [-0.3, -0.25) is 4.79 Å². The number of nitrogens with zero attached hydrogens (tertiary/aromatic N) is 1. The molecule has 0 bridgehead atoms. The van der Waals surface area contributed by atoms with Crippen molar-refractivity contribution in [1.29, 1.82) is 0 Å². The Morgan fingerprint density at radius 2 is 1.69 bits per heavy atom. The number of carbonyl (C=O) groups excluding carboxylic acids is 1. The van der Waals surface area contributed by atoms with Gasteiger partial charge in [0.2, 0.25) is 0 Å². The van der Waals surface area contributed by atoms with Crippen LogP contribution < -0.4 is 10.2 Å². The maximum atomic E-state index is 12.8. The molecule has 3 aromatic rings. The molecule has 1 aliphatic heterocycles. The van der Waals surface area contributed by atoms with Crippen LogP contribution in [0.25, 0.3) is 11.3 Å². The molecule has 0 radical (unpaired) electrons. The lowest BCUT2D eigenvalue weighted by atomic mass is 10.1. The fourth-order valence-corrected chi connectivity index (χ4v) is 4.10. The van der Waals surface area contributed by atoms with Crippen LogP contribution in [-0.4, -0.2) is 19.0 Å². The molecule has 0 unspecified atom stereocenters. The first-order valence-corrected chi connectivity index (χ1v) is 10.6. The topological polar surface area (TPSA) is 45.5 Å². The summed E-state index contributed by atoms with van der Waals surface area (Å²) < 4.78 is 5.75. The van der Waals surface area contributed by atoms with E-state index < -0.39 is 0 Å². The summed E-state index contributed by atoms with van der Waals surface area (Å²) in [6.45, 7) is 1.85. The number of amides is 1. The van der Waals surface area contributed by atoms with Gasteiger partial charge in [-0.2, -0.15) is 0 Å². The zero-order chi connectivity index (χ0) is 20.4. The molecule has 1 N–H and O–H groups in total. The van der Waals surface area contributed by atoms with Crippen LogP contribution in [-0.2, 0) is 0 Å². The predicted molar refractivity (Wildman–Crippen MR) is 120 cm³/mol. The molecule has 1 aliphatic rings. The van der Waals surface area contributed by atoms with Crippen LogP contribution in [0.1, 0.15) is 29.8 Å². The molecular weight excluding hydrogens is 431 g/mol. The summed E-state index contributed by atoms with van der Waals surface area (Å²) in [4.78, 5) is 15.0. The molecule has 4 nitrogen and oxygen atoms in total. The zero-order valence-corrected chi connectivity index (χ0v) is 17.8. The summed E-state index contributed by atoms with van der Waals surface area (Å²) in [5.74, 6) is 0.406. The standard InChI is InChI=1S/C22H19Cl3N2O2/c23-15-8-7-14(13-17(15)25)19-9-10-20(29-19)22(28)26-18-6-4-5-16(24)21(18)27-11-2-1-3-12-27/h4-10,13H,1-3,11-12H2,(H,26,28). The fraction of sp³-hybridized carbons (Fsp3) is 0.227. The van der Waals surface area contributed by atoms with Gasteiger partial charge in [0.05, 0.1) is 26.4 Å². The Bertz CT molecular complexity index is 1040. The Balaban J connectivity index is 1.57. The third-order valence-electron chi connectivity index (χ3n) is 4.94. The van der Waals surface area contributed by atoms with Gasteiger partial charge in [0.1, 0.15) is 5.76 Å². The minimum absolute atomic E-state index is 0.204. The Kier molecular flexibility index (Phi) is 6.04. The molecule has 150 valence electrons. The molecule has 1 aromatic heterocycles. The Morgan fingerprint density at radius 3 is 2.45 bits per heavy atom. The van der Waals surface area contributed by atoms with Crippen LogP contribution in [0.4, 0.5) is 11.4 Å². The molecule has 7 heteroatoms. The Hall–Kier alpha value is -2.14. The van der Waals surface area contributed by atoms with E-state index in [0.29, 0.717) is 26.5 Å². The summed E-state index contributed by atoms with van der Waals surface area (Å²) in [6.07, 6.45) is 3.44. The summed E-state index contributed by atoms with van der Waals surface area (Å²) in [5.41, 5.74) is 2.28. The van der Waals surface area contributed by atoms with Crippen LogP contribution in [0.2, 0.25) is 15.1 Å². The van der Waals surface area contributed by atoms with E-state index in [1.54, 1.807) is 30.3 Å². The van der Waals surface area contributed by atoms with Crippen LogP contribution in [0, 0.1) is 0 Å². The van der Waals surface area contributed by atoms with Crippen molar-refractivity contribution < 1.29 is 9.21 Å². The van der Waals surface area contributed by atoms with E-state index in [0.717, 1.165) is 37.2 Å². The number of hydrogen-bond donors (Lipinski definition) is 1. The Morgan fingerprint density at radius 1 is 0.897 bits per heavy atom. The van der Waals surface area contributed by atoms with Crippen LogP contribution in [0.3, 0.4) is 0 Å². The summed E-state index contributed by atoms with van der Waals surface area (Å²) in [6, 6.07) is 14.1. The van der Waals surface area contributed by atoms with E-state index in [9.17, 15) is 4.79 Å². The summed E-state index contributed by atoms with van der Waals surface area (Å²) >= 11 is 18.5. The van der Waals surface area contributed by atoms with Crippen LogP contribution in [0.5, 0.6) is 0 Å². The molecule has 0 spiro atoms. The van der Waals surface area contributed by atoms with Crippen LogP contribution >= 0.6 is 34.8 Å². The summed E-state index contributed by atoms with van der Waals surface area (Å²) in [7, 11) is 0. The van der Waals surface area contributed by atoms with Gasteiger partial charge >= 0.3 is 0 Å². The maximum absolute atomic E-state index is 12.8. The normalized spacial score (nSPS) is 14.1. The second kappa shape index (κ2) is 8.70. The molecule has 1 fully saturated rings. The van der Waals surface area contributed by atoms with Gasteiger partial charge in [0.15, 0.2) is 5.76 Å². The smallest absolute Gasteiger partial charge is 0.291 e. The highest BCUT2D eigenvalue weighted by Gasteiger charge is 2.20. The molecule has 4 rings (SSSR count). The van der Waals surface area contributed by atoms with Crippen molar-refractivity contribution in [2.75, 3.05) is 23.3 Å².